The van der Waals surface area contributed by atoms with E-state index in [4.69, 9.17) is 109 Å². The van der Waals surface area contributed by atoms with Gasteiger partial charge in [0.15, 0.2) is 0 Å². The number of benzene rings is 4. The Morgan fingerprint density at radius 3 is 0.947 bits per heavy atom. The van der Waals surface area contributed by atoms with E-state index < -0.39 is 59.7 Å². The molecule has 4 aromatic heterocycles. The molecular weight excluding hydrogens is 1280 g/mol. The summed E-state index contributed by atoms with van der Waals surface area (Å²) in [5, 5.41) is 95.9. The van der Waals surface area contributed by atoms with Crippen molar-refractivity contribution in [2.45, 2.75) is 78.3 Å². The lowest BCUT2D eigenvalue weighted by Crippen LogP contribution is -2.42. The van der Waals surface area contributed by atoms with E-state index in [0.29, 0.717) is 11.8 Å². The topological polar surface area (TPSA) is 469 Å². The first-order chi connectivity index (χ1) is 44.5. The Kier molecular flexibility index (Phi) is 31.1. The second-order valence-corrected chi connectivity index (χ2v) is 22.7. The zero-order chi connectivity index (χ0) is 69.6. The van der Waals surface area contributed by atoms with Crippen LogP contribution in [0.25, 0.3) is 22.1 Å². The highest BCUT2D eigenvalue weighted by Crippen LogP contribution is 2.28. The number of rotatable bonds is 14. The van der Waals surface area contributed by atoms with E-state index in [1.807, 2.05) is 36.4 Å². The number of halogens is 2. The number of aromatic nitrogens is 6. The molecule has 0 aliphatic carbocycles. The zero-order valence-electron chi connectivity index (χ0n) is 50.2. The highest BCUT2D eigenvalue weighted by Gasteiger charge is 2.24. The predicted octanol–water partition coefficient (Wildman–Crippen LogP) is -6.60. The molecule has 0 saturated carbocycles. The number of piperidine rings is 2. The molecule has 2 aliphatic rings. The Morgan fingerprint density at radius 1 is 0.415 bits per heavy atom. The first-order valence-corrected chi connectivity index (χ1v) is 30.0. The normalized spacial score (nSPS) is 12.9. The van der Waals surface area contributed by atoms with Crippen molar-refractivity contribution in [1.29, 1.82) is 0 Å². The fourth-order valence-electron chi connectivity index (χ4n) is 9.40. The summed E-state index contributed by atoms with van der Waals surface area (Å²) < 4.78 is 31.4. The van der Waals surface area contributed by atoms with Crippen LogP contribution in [-0.2, 0) is 86.7 Å². The summed E-state index contributed by atoms with van der Waals surface area (Å²) in [4.78, 5) is 114. The second-order valence-electron chi connectivity index (χ2n) is 20.5. The maximum atomic E-state index is 13.4. The molecule has 0 atom stereocenters. The first kappa shape index (κ1) is 76.0. The molecule has 28 nitrogen and oxygen atoms in total. The van der Waals surface area contributed by atoms with Crippen molar-refractivity contribution >= 4 is 104 Å². The number of carboxylic acids is 10. The molecule has 502 valence electrons. The minimum absolute atomic E-state index is 0.193. The fraction of sp³-hybridized carbons (Fsp3) is 0.323. The van der Waals surface area contributed by atoms with Gasteiger partial charge in [0.05, 0.1) is 103 Å². The lowest BCUT2D eigenvalue weighted by atomic mass is 9.93. The van der Waals surface area contributed by atoms with Crippen molar-refractivity contribution in [3.63, 3.8) is 0 Å². The number of hydrogen-bond donors (Lipinski definition) is 0. The Labute approximate surface area is 541 Å². The Morgan fingerprint density at radius 2 is 0.691 bits per heavy atom. The van der Waals surface area contributed by atoms with E-state index in [2.05, 4.69) is 89.9 Å². The molecule has 94 heavy (non-hydrogen) atoms. The van der Waals surface area contributed by atoms with Crippen LogP contribution in [0.1, 0.15) is 69.9 Å². The SMILES string of the molecule is Cc1nc(CCN2CCC(Cc3nc4ccccc4n3Cc3ccc(F)cc3)CC2)cs1.Cc1nc(CCN2CCC(Cc3nc4ccccc4n3Cc3ccc(F)cc3)CC2)cs1.O=C([O-])C(=O)[O-].O=C([O-])C(=O)[O-].O=C([O-])C(=O)[O-].O=C([O-])C(=O)[O-].O=C([O-])C(=O)[O-]. The summed E-state index contributed by atoms with van der Waals surface area (Å²) in [6.45, 7) is 12.4. The largest absolute Gasteiger partial charge is 0.543 e. The van der Waals surface area contributed by atoms with Gasteiger partial charge in [0.25, 0.3) is 0 Å². The number of thiazole rings is 2. The number of aryl methyl sites for hydroxylation is 2. The van der Waals surface area contributed by atoms with Gasteiger partial charge in [0.2, 0.25) is 0 Å². The van der Waals surface area contributed by atoms with Crippen LogP contribution in [0.15, 0.2) is 108 Å². The molecule has 0 radical (unpaired) electrons. The predicted molar refractivity (Wildman–Crippen MR) is 307 cm³/mol. The monoisotopic (exact) mass is 1340 g/mol. The lowest BCUT2D eigenvalue weighted by Gasteiger charge is -2.31. The number of carbonyl (C=O) groups is 10. The number of nitrogens with zero attached hydrogens (tertiary/aromatic N) is 8. The zero-order valence-corrected chi connectivity index (χ0v) is 51.8. The average molecular weight is 1340 g/mol. The summed E-state index contributed by atoms with van der Waals surface area (Å²) in [5.41, 5.74) is 9.05. The van der Waals surface area contributed by atoms with Gasteiger partial charge >= 0.3 is 0 Å². The molecule has 2 saturated heterocycles. The maximum absolute atomic E-state index is 13.4. The van der Waals surface area contributed by atoms with Crippen LogP contribution in [0, 0.1) is 37.3 Å². The van der Waals surface area contributed by atoms with Gasteiger partial charge in [-0.3, -0.25) is 0 Å². The van der Waals surface area contributed by atoms with Crippen LogP contribution in [-0.4, -0.2) is 138 Å². The number of aliphatic carboxylic acids is 10. The Balaban J connectivity index is 0.000000280. The summed E-state index contributed by atoms with van der Waals surface area (Å²) in [5.74, 6) is -18.6. The molecule has 32 heteroatoms. The summed E-state index contributed by atoms with van der Waals surface area (Å²) >= 11 is 3.48. The number of hydrogen-bond acceptors (Lipinski definition) is 28. The third-order valence-corrected chi connectivity index (χ3v) is 15.5. The van der Waals surface area contributed by atoms with Crippen LogP contribution in [0.4, 0.5) is 8.78 Å². The minimum atomic E-state index is -2.19. The van der Waals surface area contributed by atoms with E-state index in [-0.39, 0.29) is 11.6 Å². The third kappa shape index (κ3) is 27.2. The number of fused-ring (bicyclic) bond motifs is 2. The molecule has 8 aromatic rings. The summed E-state index contributed by atoms with van der Waals surface area (Å²) in [6.07, 6.45) is 8.90. The van der Waals surface area contributed by atoms with E-state index in [1.165, 1.54) is 61.3 Å². The number of carboxylic acid groups (broad SMARTS) is 10. The Bertz CT molecular complexity index is 3470. The summed E-state index contributed by atoms with van der Waals surface area (Å²) in [6, 6.07) is 30.3. The molecule has 6 heterocycles. The van der Waals surface area contributed by atoms with Crippen molar-refractivity contribution in [2.75, 3.05) is 39.3 Å². The van der Waals surface area contributed by atoms with Gasteiger partial charge in [-0.2, -0.15) is 0 Å². The molecule has 4 aromatic carbocycles. The van der Waals surface area contributed by atoms with Crippen LogP contribution >= 0.6 is 22.7 Å². The molecule has 0 spiro atoms. The van der Waals surface area contributed by atoms with E-state index >= 15 is 0 Å². The average Bonchev–Trinajstić information content (AvgIpc) is 1.66. The molecule has 10 rings (SSSR count). The quantitative estimate of drug-likeness (QED) is 0.0913. The maximum Gasteiger partial charge on any atom is 0.123 e. The van der Waals surface area contributed by atoms with Crippen molar-refractivity contribution in [2.24, 2.45) is 11.8 Å². The van der Waals surface area contributed by atoms with Gasteiger partial charge in [-0.05, 0) is 137 Å². The molecule has 0 unspecified atom stereocenters. The van der Waals surface area contributed by atoms with Gasteiger partial charge in [0.1, 0.15) is 23.3 Å². The molecule has 2 fully saturated rings. The van der Waals surface area contributed by atoms with Crippen molar-refractivity contribution in [3.8, 4) is 0 Å². The van der Waals surface area contributed by atoms with Crippen LogP contribution in [0.3, 0.4) is 0 Å². The number of likely N-dealkylation sites (tertiary alicyclic amines) is 2. The van der Waals surface area contributed by atoms with Crippen molar-refractivity contribution in [1.82, 2.24) is 38.9 Å². The van der Waals surface area contributed by atoms with Gasteiger partial charge in [0, 0.05) is 62.6 Å². The summed E-state index contributed by atoms with van der Waals surface area (Å²) in [7, 11) is 0. The molecule has 2 aliphatic heterocycles. The Hall–Kier alpha value is -10.4. The van der Waals surface area contributed by atoms with Crippen molar-refractivity contribution < 1.29 is 108 Å². The van der Waals surface area contributed by atoms with Crippen LogP contribution in [0.2, 0.25) is 0 Å². The smallest absolute Gasteiger partial charge is 0.123 e. The van der Waals surface area contributed by atoms with Gasteiger partial charge in [-0.15, -0.1) is 22.7 Å². The number of imidazole rings is 2. The molecule has 0 bridgehead atoms. The second kappa shape index (κ2) is 38.4. The van der Waals surface area contributed by atoms with E-state index in [9.17, 15) is 8.78 Å². The standard InChI is InChI=1S/2C26H29FN4S.5C2H2O4/c2*1-19-28-23(18-32-19)12-15-30-13-10-20(11-14-30)16-26-29-24-4-2-3-5-25(24)31(26)17-21-6-8-22(27)9-7-21;5*3-1(4)2(5)6/h2*2-9,18,20H,10-17H2,1H3;5*(H,3,4)(H,5,6)/p-10. The highest BCUT2D eigenvalue weighted by atomic mass is 32.1. The first-order valence-electron chi connectivity index (χ1n) is 28.2. The lowest BCUT2D eigenvalue weighted by molar-refractivity contribution is -0.345. The van der Waals surface area contributed by atoms with Gasteiger partial charge < -0.3 is 118 Å². The number of carbonyl (C=O) groups excluding carboxylic acids is 10. The number of para-hydroxylation sites is 4. The van der Waals surface area contributed by atoms with Crippen LogP contribution < -0.4 is 51.1 Å². The van der Waals surface area contributed by atoms with Crippen molar-refractivity contribution in [3.05, 3.63) is 164 Å². The van der Waals surface area contributed by atoms with Gasteiger partial charge in [-0.1, -0.05) is 48.5 Å². The third-order valence-electron chi connectivity index (χ3n) is 13.9. The molecule has 0 amide bonds. The fourth-order valence-corrected chi connectivity index (χ4v) is 10.7. The van der Waals surface area contributed by atoms with E-state index in [0.717, 1.165) is 133 Å². The molecular formula is C62H58F2N8O20S2-10. The van der Waals surface area contributed by atoms with Gasteiger partial charge in [-0.25, -0.2) is 28.7 Å². The minimum Gasteiger partial charge on any atom is -0.543 e. The van der Waals surface area contributed by atoms with Crippen LogP contribution in [0.5, 0.6) is 0 Å². The molecule has 0 N–H and O–H groups in total. The highest BCUT2D eigenvalue weighted by molar-refractivity contribution is 7.09. The van der Waals surface area contributed by atoms with E-state index in [1.54, 1.807) is 22.7 Å².